The van der Waals surface area contributed by atoms with Crippen LogP contribution >= 0.6 is 0 Å². The van der Waals surface area contributed by atoms with Crippen LogP contribution in [0.5, 0.6) is 5.75 Å². The first-order valence-corrected chi connectivity index (χ1v) is 10.4. The molecule has 0 amide bonds. The molecule has 1 aromatic rings. The van der Waals surface area contributed by atoms with Crippen molar-refractivity contribution in [1.29, 1.82) is 0 Å². The fourth-order valence-electron chi connectivity index (χ4n) is 4.28. The van der Waals surface area contributed by atoms with E-state index in [-0.39, 0.29) is 17.8 Å². The predicted octanol–water partition coefficient (Wildman–Crippen LogP) is 3.88. The van der Waals surface area contributed by atoms with Crippen molar-refractivity contribution in [2.24, 2.45) is 5.41 Å². The molecule has 0 bridgehead atoms. The van der Waals surface area contributed by atoms with E-state index in [2.05, 4.69) is 19.2 Å². The fourth-order valence-corrected chi connectivity index (χ4v) is 4.28. The highest BCUT2D eigenvalue weighted by molar-refractivity contribution is 6.04. The summed E-state index contributed by atoms with van der Waals surface area (Å²) in [4.78, 5) is 26.3. The molecule has 6 nitrogen and oxygen atoms in total. The summed E-state index contributed by atoms with van der Waals surface area (Å²) < 4.78 is 16.2. The van der Waals surface area contributed by atoms with E-state index in [1.54, 1.807) is 7.11 Å². The molecular weight excluding hydrogens is 382 g/mol. The van der Waals surface area contributed by atoms with Gasteiger partial charge in [0, 0.05) is 35.9 Å². The number of Topliss-reactive ketones (excluding diaryl/α,β-unsaturated/α-hetero) is 1. The molecule has 162 valence electrons. The van der Waals surface area contributed by atoms with Gasteiger partial charge in [-0.05, 0) is 43.4 Å². The second-order valence-electron chi connectivity index (χ2n) is 8.54. The van der Waals surface area contributed by atoms with Crippen molar-refractivity contribution in [1.82, 2.24) is 5.32 Å². The molecule has 0 saturated carbocycles. The molecule has 1 aliphatic carbocycles. The van der Waals surface area contributed by atoms with Crippen molar-refractivity contribution in [2.45, 2.75) is 46.5 Å². The standard InChI is InChI=1S/C24H31NO5/c1-6-29-10-11-30-23(27)20-15(2)25-18-13-24(3,4)14-19(26)22(18)21(20)16-8-7-9-17(12-16)28-5/h7-9,12,21,25H,6,10-11,13-14H2,1-5H3/t21-/m0/s1. The number of esters is 1. The Morgan fingerprint density at radius 2 is 2.00 bits per heavy atom. The lowest BCUT2D eigenvalue weighted by Crippen LogP contribution is -2.38. The van der Waals surface area contributed by atoms with E-state index in [9.17, 15) is 9.59 Å². The summed E-state index contributed by atoms with van der Waals surface area (Å²) in [6.45, 7) is 9.01. The van der Waals surface area contributed by atoms with Crippen LogP contribution in [0.1, 0.15) is 52.0 Å². The maximum atomic E-state index is 13.2. The molecular formula is C24H31NO5. The molecule has 1 aromatic carbocycles. The highest BCUT2D eigenvalue weighted by Crippen LogP contribution is 2.47. The summed E-state index contributed by atoms with van der Waals surface area (Å²) >= 11 is 0. The third-order valence-corrected chi connectivity index (χ3v) is 5.55. The predicted molar refractivity (Wildman–Crippen MR) is 114 cm³/mol. The number of ketones is 1. The third kappa shape index (κ3) is 4.59. The molecule has 0 fully saturated rings. The Bertz CT molecular complexity index is 897. The van der Waals surface area contributed by atoms with Crippen molar-refractivity contribution in [3.8, 4) is 5.75 Å². The quantitative estimate of drug-likeness (QED) is 0.540. The van der Waals surface area contributed by atoms with Crippen molar-refractivity contribution < 1.29 is 23.8 Å². The molecule has 0 radical (unpaired) electrons. The monoisotopic (exact) mass is 413 g/mol. The van der Waals surface area contributed by atoms with E-state index in [4.69, 9.17) is 14.2 Å². The first-order valence-electron chi connectivity index (χ1n) is 10.4. The van der Waals surface area contributed by atoms with Crippen LogP contribution in [0.15, 0.2) is 46.8 Å². The summed E-state index contributed by atoms with van der Waals surface area (Å²) in [7, 11) is 1.60. The van der Waals surface area contributed by atoms with Gasteiger partial charge in [0.05, 0.1) is 19.3 Å². The SMILES string of the molecule is CCOCCOC(=O)C1=C(C)NC2=C(C(=O)CC(C)(C)C2)[C@H]1c1cccc(OC)c1. The minimum absolute atomic E-state index is 0.0636. The zero-order chi connectivity index (χ0) is 21.9. The average Bonchev–Trinajstić information content (AvgIpc) is 2.69. The van der Waals surface area contributed by atoms with Gasteiger partial charge < -0.3 is 19.5 Å². The molecule has 3 rings (SSSR count). The number of hydrogen-bond acceptors (Lipinski definition) is 6. The smallest absolute Gasteiger partial charge is 0.336 e. The van der Waals surface area contributed by atoms with Crippen molar-refractivity contribution in [3.63, 3.8) is 0 Å². The molecule has 0 unspecified atom stereocenters. The van der Waals surface area contributed by atoms with Crippen molar-refractivity contribution in [3.05, 3.63) is 52.4 Å². The largest absolute Gasteiger partial charge is 0.497 e. The topological polar surface area (TPSA) is 73.9 Å². The lowest BCUT2D eigenvalue weighted by atomic mass is 9.68. The van der Waals surface area contributed by atoms with Crippen LogP contribution in [0.2, 0.25) is 0 Å². The van der Waals surface area contributed by atoms with E-state index in [1.165, 1.54) is 0 Å². The Morgan fingerprint density at radius 3 is 2.70 bits per heavy atom. The second kappa shape index (κ2) is 9.04. The van der Waals surface area contributed by atoms with Gasteiger partial charge >= 0.3 is 5.97 Å². The minimum Gasteiger partial charge on any atom is -0.497 e. The van der Waals surface area contributed by atoms with E-state index in [0.29, 0.717) is 42.2 Å². The highest BCUT2D eigenvalue weighted by atomic mass is 16.6. The number of carbonyl (C=O) groups excluding carboxylic acids is 2. The van der Waals surface area contributed by atoms with Gasteiger partial charge in [-0.1, -0.05) is 26.0 Å². The number of dihydropyridines is 1. The van der Waals surface area contributed by atoms with Crippen LogP contribution < -0.4 is 10.1 Å². The Labute approximate surface area is 178 Å². The molecule has 30 heavy (non-hydrogen) atoms. The van der Waals surface area contributed by atoms with Gasteiger partial charge in [-0.25, -0.2) is 4.79 Å². The molecule has 1 heterocycles. The van der Waals surface area contributed by atoms with Crippen LogP contribution in [0.25, 0.3) is 0 Å². The molecule has 0 saturated heterocycles. The number of hydrogen-bond donors (Lipinski definition) is 1. The van der Waals surface area contributed by atoms with Crippen LogP contribution in [0, 0.1) is 5.41 Å². The highest BCUT2D eigenvalue weighted by Gasteiger charge is 2.43. The zero-order valence-electron chi connectivity index (χ0n) is 18.5. The van der Waals surface area contributed by atoms with Gasteiger partial charge in [-0.3, -0.25) is 4.79 Å². The molecule has 1 atom stereocenters. The third-order valence-electron chi connectivity index (χ3n) is 5.55. The second-order valence-corrected chi connectivity index (χ2v) is 8.54. The average molecular weight is 414 g/mol. The van der Waals surface area contributed by atoms with Crippen LogP contribution in [-0.2, 0) is 19.1 Å². The first-order chi connectivity index (χ1) is 14.3. The molecule has 0 aromatic heterocycles. The van der Waals surface area contributed by atoms with Crippen LogP contribution in [0.3, 0.4) is 0 Å². The van der Waals surface area contributed by atoms with Crippen molar-refractivity contribution >= 4 is 11.8 Å². The molecule has 1 aliphatic heterocycles. The van der Waals surface area contributed by atoms with Gasteiger partial charge in [-0.2, -0.15) is 0 Å². The van der Waals surface area contributed by atoms with E-state index in [0.717, 1.165) is 17.7 Å². The van der Waals surface area contributed by atoms with E-state index < -0.39 is 11.9 Å². The molecule has 2 aliphatic rings. The van der Waals surface area contributed by atoms with Gasteiger partial charge in [0.25, 0.3) is 0 Å². The Kier molecular flexibility index (Phi) is 6.66. The Balaban J connectivity index is 2.04. The Morgan fingerprint density at radius 1 is 1.23 bits per heavy atom. The lowest BCUT2D eigenvalue weighted by Gasteiger charge is -2.39. The van der Waals surface area contributed by atoms with Gasteiger partial charge in [-0.15, -0.1) is 0 Å². The summed E-state index contributed by atoms with van der Waals surface area (Å²) in [6.07, 6.45) is 1.19. The number of carbonyl (C=O) groups is 2. The van der Waals surface area contributed by atoms with E-state index >= 15 is 0 Å². The van der Waals surface area contributed by atoms with Crippen LogP contribution in [0.4, 0.5) is 0 Å². The maximum absolute atomic E-state index is 13.2. The summed E-state index contributed by atoms with van der Waals surface area (Å²) in [5, 5.41) is 3.34. The van der Waals surface area contributed by atoms with Gasteiger partial charge in [0.2, 0.25) is 0 Å². The lowest BCUT2D eigenvalue weighted by molar-refractivity contribution is -0.140. The fraction of sp³-hybridized carbons (Fsp3) is 0.500. The maximum Gasteiger partial charge on any atom is 0.336 e. The zero-order valence-corrected chi connectivity index (χ0v) is 18.5. The summed E-state index contributed by atoms with van der Waals surface area (Å²) in [5.74, 6) is -0.177. The number of methoxy groups -OCH3 is 1. The first kappa shape index (κ1) is 22.1. The Hall–Kier alpha value is -2.60. The minimum atomic E-state index is -0.487. The summed E-state index contributed by atoms with van der Waals surface area (Å²) in [6, 6.07) is 7.54. The molecule has 0 spiro atoms. The van der Waals surface area contributed by atoms with Gasteiger partial charge in [0.1, 0.15) is 12.4 Å². The molecule has 6 heteroatoms. The number of rotatable bonds is 7. The number of nitrogens with one attached hydrogen (secondary N) is 1. The van der Waals surface area contributed by atoms with E-state index in [1.807, 2.05) is 38.1 Å². The number of allylic oxidation sites excluding steroid dienone is 3. The normalized spacial score (nSPS) is 20.6. The van der Waals surface area contributed by atoms with Gasteiger partial charge in [0.15, 0.2) is 5.78 Å². The van der Waals surface area contributed by atoms with Crippen molar-refractivity contribution in [2.75, 3.05) is 26.9 Å². The molecule has 1 N–H and O–H groups in total. The summed E-state index contributed by atoms with van der Waals surface area (Å²) in [5.41, 5.74) is 3.45. The van der Waals surface area contributed by atoms with Crippen LogP contribution in [-0.4, -0.2) is 38.7 Å². The number of benzene rings is 1. The number of ether oxygens (including phenoxy) is 3.